The summed E-state index contributed by atoms with van der Waals surface area (Å²) in [6.45, 7) is 0.367. The third-order valence-corrected chi connectivity index (χ3v) is 4.00. The van der Waals surface area contributed by atoms with Gasteiger partial charge < -0.3 is 20.8 Å². The van der Waals surface area contributed by atoms with Crippen LogP contribution in [0.4, 0.5) is 5.95 Å². The highest BCUT2D eigenvalue weighted by atomic mass is 32.2. The molecule has 1 amide bonds. The van der Waals surface area contributed by atoms with Crippen LogP contribution in [0.5, 0.6) is 0 Å². The number of hydrogen-bond acceptors (Lipinski definition) is 6. The van der Waals surface area contributed by atoms with Crippen LogP contribution in [-0.4, -0.2) is 43.3 Å². The van der Waals surface area contributed by atoms with Crippen LogP contribution in [-0.2, 0) is 25.9 Å². The van der Waals surface area contributed by atoms with E-state index in [-0.39, 0.29) is 24.1 Å². The first-order chi connectivity index (χ1) is 9.80. The number of carbonyl (C=O) groups excluding carboxylic acids is 1. The minimum Gasteiger partial charge on any atom is -0.370 e. The first-order valence-electron chi connectivity index (χ1n) is 6.11. The van der Waals surface area contributed by atoms with E-state index in [1.54, 1.807) is 16.7 Å². The number of primary amides is 1. The zero-order valence-corrected chi connectivity index (χ0v) is 12.3. The van der Waals surface area contributed by atoms with Gasteiger partial charge in [0.05, 0.1) is 17.0 Å². The van der Waals surface area contributed by atoms with E-state index < -0.39 is 15.7 Å². The van der Waals surface area contributed by atoms with Gasteiger partial charge in [-0.2, -0.15) is 0 Å². The van der Waals surface area contributed by atoms with Gasteiger partial charge >= 0.3 is 0 Å². The van der Waals surface area contributed by atoms with E-state index in [1.165, 1.54) is 6.07 Å². The number of carbonyl (C=O) groups is 1. The van der Waals surface area contributed by atoms with Gasteiger partial charge in [0.1, 0.15) is 12.1 Å². The average Bonchev–Trinajstić information content (AvgIpc) is 2.69. The zero-order valence-electron chi connectivity index (χ0n) is 11.4. The number of anilines is 1. The van der Waals surface area contributed by atoms with E-state index in [1.807, 2.05) is 0 Å². The molecule has 9 heteroatoms. The first-order valence-corrected chi connectivity index (χ1v) is 8.00. The fraction of sp³-hybridized carbons (Fsp3) is 0.333. The summed E-state index contributed by atoms with van der Waals surface area (Å²) in [6.07, 6.45) is 1.12. The molecule has 0 bridgehead atoms. The van der Waals surface area contributed by atoms with Crippen molar-refractivity contribution in [1.82, 2.24) is 9.55 Å². The van der Waals surface area contributed by atoms with Crippen LogP contribution in [0.1, 0.15) is 0 Å². The van der Waals surface area contributed by atoms with Crippen LogP contribution in [0.2, 0.25) is 0 Å². The van der Waals surface area contributed by atoms with Crippen LogP contribution in [0.25, 0.3) is 11.0 Å². The fourth-order valence-electron chi connectivity index (χ4n) is 2.00. The van der Waals surface area contributed by atoms with Gasteiger partial charge in [-0.1, -0.05) is 6.07 Å². The quantitative estimate of drug-likeness (QED) is 0.693. The molecule has 114 valence electrons. The maximum Gasteiger partial charge on any atom is 0.243 e. The summed E-state index contributed by atoms with van der Waals surface area (Å²) in [7, 11) is -3.39. The van der Waals surface area contributed by atoms with Crippen LogP contribution >= 0.6 is 0 Å². The highest BCUT2D eigenvalue weighted by Gasteiger charge is 2.17. The highest BCUT2D eigenvalue weighted by molar-refractivity contribution is 7.91. The lowest BCUT2D eigenvalue weighted by Crippen LogP contribution is -2.20. The number of nitrogens with two attached hydrogens (primary N) is 2. The topological polar surface area (TPSA) is 130 Å². The van der Waals surface area contributed by atoms with Crippen molar-refractivity contribution in [3.63, 3.8) is 0 Å². The fourth-order valence-corrected chi connectivity index (χ4v) is 2.83. The largest absolute Gasteiger partial charge is 0.370 e. The molecule has 0 unspecified atom stereocenters. The SMILES string of the molecule is CS(=O)(=O)c1cccc2c1nc(N)n2CCOCC(N)=O. The second-order valence-corrected chi connectivity index (χ2v) is 6.52. The smallest absolute Gasteiger partial charge is 0.243 e. The third-order valence-electron chi connectivity index (χ3n) is 2.87. The minimum absolute atomic E-state index is 0.128. The van der Waals surface area contributed by atoms with Gasteiger partial charge in [0.25, 0.3) is 0 Å². The molecule has 8 nitrogen and oxygen atoms in total. The number of fused-ring (bicyclic) bond motifs is 1. The van der Waals surface area contributed by atoms with Crippen LogP contribution in [0, 0.1) is 0 Å². The molecule has 2 aromatic rings. The van der Waals surface area contributed by atoms with Gasteiger partial charge in [-0.25, -0.2) is 13.4 Å². The van der Waals surface area contributed by atoms with Gasteiger partial charge in [0.2, 0.25) is 11.9 Å². The van der Waals surface area contributed by atoms with E-state index in [2.05, 4.69) is 4.98 Å². The predicted molar refractivity (Wildman–Crippen MR) is 77.3 cm³/mol. The molecule has 0 saturated carbocycles. The Balaban J connectivity index is 2.33. The van der Waals surface area contributed by atoms with Gasteiger partial charge in [0.15, 0.2) is 9.84 Å². The Hall–Kier alpha value is -2.13. The van der Waals surface area contributed by atoms with Gasteiger partial charge in [-0.05, 0) is 12.1 Å². The predicted octanol–water partition coefficient (Wildman–Crippen LogP) is -0.476. The van der Waals surface area contributed by atoms with Crippen molar-refractivity contribution in [3.05, 3.63) is 18.2 Å². The van der Waals surface area contributed by atoms with Crippen LogP contribution in [0.15, 0.2) is 23.1 Å². The van der Waals surface area contributed by atoms with Gasteiger partial charge in [-0.3, -0.25) is 4.79 Å². The number of benzene rings is 1. The van der Waals surface area contributed by atoms with Crippen molar-refractivity contribution in [2.75, 3.05) is 25.2 Å². The number of hydrogen-bond donors (Lipinski definition) is 2. The molecule has 2 rings (SSSR count). The number of aromatic nitrogens is 2. The number of nitrogen functional groups attached to an aromatic ring is 1. The Morgan fingerprint density at radius 2 is 2.14 bits per heavy atom. The molecule has 0 saturated heterocycles. The second-order valence-electron chi connectivity index (χ2n) is 4.54. The number of rotatable bonds is 6. The molecule has 0 aliphatic rings. The van der Waals surface area contributed by atoms with E-state index in [0.29, 0.717) is 17.6 Å². The molecule has 0 aliphatic heterocycles. The van der Waals surface area contributed by atoms with Gasteiger partial charge in [-0.15, -0.1) is 0 Å². The molecule has 1 aromatic carbocycles. The van der Waals surface area contributed by atoms with Gasteiger partial charge in [0, 0.05) is 12.8 Å². The number of ether oxygens (including phenoxy) is 1. The van der Waals surface area contributed by atoms with Crippen LogP contribution < -0.4 is 11.5 Å². The number of para-hydroxylation sites is 1. The molecule has 1 aromatic heterocycles. The summed E-state index contributed by atoms with van der Waals surface area (Å²) < 4.78 is 30.2. The summed E-state index contributed by atoms with van der Waals surface area (Å²) in [5.41, 5.74) is 11.7. The van der Waals surface area contributed by atoms with Crippen LogP contribution in [0.3, 0.4) is 0 Å². The molecule has 0 atom stereocenters. The summed E-state index contributed by atoms with van der Waals surface area (Å²) in [4.78, 5) is 14.8. The number of amides is 1. The lowest BCUT2D eigenvalue weighted by Gasteiger charge is -2.07. The monoisotopic (exact) mass is 312 g/mol. The average molecular weight is 312 g/mol. The molecule has 0 spiro atoms. The number of nitrogens with zero attached hydrogens (tertiary/aromatic N) is 2. The number of imidazole rings is 1. The van der Waals surface area contributed by atoms with Crippen molar-refractivity contribution in [2.24, 2.45) is 5.73 Å². The number of sulfone groups is 1. The second kappa shape index (κ2) is 5.70. The maximum atomic E-state index is 11.7. The van der Waals surface area contributed by atoms with Crippen molar-refractivity contribution in [1.29, 1.82) is 0 Å². The standard InChI is InChI=1S/C12H16N4O4S/c1-21(18,19)9-4-2-3-8-11(9)15-12(14)16(8)5-6-20-7-10(13)17/h2-4H,5-7H2,1H3,(H2,13,17)(H2,14,15). The Morgan fingerprint density at radius 1 is 1.43 bits per heavy atom. The zero-order chi connectivity index (χ0) is 15.6. The lowest BCUT2D eigenvalue weighted by atomic mass is 10.3. The molecule has 0 radical (unpaired) electrons. The Kier molecular flexibility index (Phi) is 4.14. The molecule has 0 aliphatic carbocycles. The normalized spacial score (nSPS) is 11.9. The Labute approximate surface area is 121 Å². The maximum absolute atomic E-state index is 11.7. The molecular weight excluding hydrogens is 296 g/mol. The highest BCUT2D eigenvalue weighted by Crippen LogP contribution is 2.24. The molecule has 21 heavy (non-hydrogen) atoms. The van der Waals surface area contributed by atoms with E-state index in [9.17, 15) is 13.2 Å². The molecular formula is C12H16N4O4S. The van der Waals surface area contributed by atoms with E-state index in [0.717, 1.165) is 6.26 Å². The van der Waals surface area contributed by atoms with E-state index >= 15 is 0 Å². The Bertz CT molecular complexity index is 782. The summed E-state index contributed by atoms with van der Waals surface area (Å²) in [5.74, 6) is -0.374. The van der Waals surface area contributed by atoms with Crippen molar-refractivity contribution >= 4 is 32.7 Å². The summed E-state index contributed by atoms with van der Waals surface area (Å²) in [6, 6.07) is 4.83. The summed E-state index contributed by atoms with van der Waals surface area (Å²) >= 11 is 0. The minimum atomic E-state index is -3.39. The third kappa shape index (κ3) is 3.31. The molecule has 0 fully saturated rings. The first kappa shape index (κ1) is 15.3. The summed E-state index contributed by atoms with van der Waals surface area (Å²) in [5, 5.41) is 0. The van der Waals surface area contributed by atoms with Crippen molar-refractivity contribution in [3.8, 4) is 0 Å². The molecule has 4 N–H and O–H groups in total. The van der Waals surface area contributed by atoms with Crippen molar-refractivity contribution < 1.29 is 17.9 Å². The van der Waals surface area contributed by atoms with E-state index in [4.69, 9.17) is 16.2 Å². The van der Waals surface area contributed by atoms with Crippen molar-refractivity contribution in [2.45, 2.75) is 11.4 Å². The Morgan fingerprint density at radius 3 is 2.76 bits per heavy atom. The molecule has 1 heterocycles. The lowest BCUT2D eigenvalue weighted by molar-refractivity contribution is -0.122.